The van der Waals surface area contributed by atoms with Crippen LogP contribution in [0.3, 0.4) is 0 Å². The molecule has 1 saturated heterocycles. The van der Waals surface area contributed by atoms with Crippen molar-refractivity contribution in [1.29, 1.82) is 0 Å². The first-order chi connectivity index (χ1) is 9.97. The minimum Gasteiger partial charge on any atom is -0.340 e. The van der Waals surface area contributed by atoms with Crippen molar-refractivity contribution < 1.29 is 18.0 Å². The monoisotopic (exact) mass is 319 g/mol. The Morgan fingerprint density at radius 1 is 1.33 bits per heavy atom. The second-order valence-electron chi connectivity index (χ2n) is 4.61. The van der Waals surface area contributed by atoms with Crippen molar-refractivity contribution in [2.75, 3.05) is 31.9 Å². The lowest BCUT2D eigenvalue weighted by atomic mass is 10.3. The number of thioether (sulfide) groups is 1. The molecule has 1 amide bonds. The fourth-order valence-electron chi connectivity index (χ4n) is 1.95. The predicted octanol–water partition coefficient (Wildman–Crippen LogP) is 2.01. The number of nitrogens with zero attached hydrogens (tertiary/aromatic N) is 2. The number of carbonyl (C=O) groups is 1. The molecule has 0 atom stereocenters. The molecular weight excluding hydrogens is 303 g/mol. The molecule has 0 aliphatic carbocycles. The van der Waals surface area contributed by atoms with Gasteiger partial charge in [-0.2, -0.15) is 13.2 Å². The van der Waals surface area contributed by atoms with Gasteiger partial charge in [0.15, 0.2) is 0 Å². The van der Waals surface area contributed by atoms with E-state index in [4.69, 9.17) is 0 Å². The first-order valence-electron chi connectivity index (χ1n) is 6.61. The van der Waals surface area contributed by atoms with E-state index in [9.17, 15) is 18.0 Å². The normalized spacial score (nSPS) is 16.0. The van der Waals surface area contributed by atoms with Gasteiger partial charge in [0.25, 0.3) is 0 Å². The topological polar surface area (TPSA) is 45.2 Å². The largest absolute Gasteiger partial charge is 0.417 e. The molecule has 1 aromatic heterocycles. The second kappa shape index (κ2) is 7.13. The molecule has 8 heteroatoms. The molecule has 1 N–H and O–H groups in total. The third kappa shape index (κ3) is 4.89. The zero-order valence-electron chi connectivity index (χ0n) is 11.3. The molecular formula is C13H16F3N3OS. The summed E-state index contributed by atoms with van der Waals surface area (Å²) in [5.41, 5.74) is -0.760. The van der Waals surface area contributed by atoms with Gasteiger partial charge in [-0.25, -0.2) is 4.98 Å². The summed E-state index contributed by atoms with van der Waals surface area (Å²) in [6.07, 6.45) is -3.18. The van der Waals surface area contributed by atoms with Crippen molar-refractivity contribution in [3.05, 3.63) is 23.9 Å². The number of hydrogen-bond acceptors (Lipinski definition) is 4. The maximum atomic E-state index is 12.4. The first kappa shape index (κ1) is 16.1. The van der Waals surface area contributed by atoms with Gasteiger partial charge >= 0.3 is 6.18 Å². The molecule has 0 saturated carbocycles. The Bertz CT molecular complexity index is 473. The van der Waals surface area contributed by atoms with E-state index in [2.05, 4.69) is 10.3 Å². The number of piperazine rings is 1. The average Bonchev–Trinajstić information content (AvgIpc) is 2.47. The van der Waals surface area contributed by atoms with Crippen molar-refractivity contribution in [2.24, 2.45) is 0 Å². The number of hydrogen-bond donors (Lipinski definition) is 1. The lowest BCUT2D eigenvalue weighted by molar-refractivity contribution is -0.138. The van der Waals surface area contributed by atoms with E-state index in [0.29, 0.717) is 30.3 Å². The predicted molar refractivity (Wildman–Crippen MR) is 74.0 cm³/mol. The number of carbonyl (C=O) groups excluding carboxylic acids is 1. The molecule has 2 rings (SSSR count). The Labute approximate surface area is 125 Å². The van der Waals surface area contributed by atoms with Crippen LogP contribution in [0.2, 0.25) is 0 Å². The molecule has 1 fully saturated rings. The van der Waals surface area contributed by atoms with Gasteiger partial charge in [0.05, 0.1) is 10.6 Å². The van der Waals surface area contributed by atoms with Crippen molar-refractivity contribution in [3.8, 4) is 0 Å². The summed E-state index contributed by atoms with van der Waals surface area (Å²) in [6.45, 7) is 3.03. The molecule has 0 bridgehead atoms. The summed E-state index contributed by atoms with van der Waals surface area (Å²) >= 11 is 1.29. The standard InChI is InChI=1S/C13H16F3N3OS/c14-13(15,16)10-1-2-11(18-9-10)21-8-3-12(20)19-6-4-17-5-7-19/h1-2,9,17H,3-8H2. The van der Waals surface area contributed by atoms with Crippen LogP contribution in [0.15, 0.2) is 23.4 Å². The van der Waals surface area contributed by atoms with Crippen molar-refractivity contribution in [2.45, 2.75) is 17.6 Å². The third-order valence-electron chi connectivity index (χ3n) is 3.10. The van der Waals surface area contributed by atoms with Crippen LogP contribution in [0.25, 0.3) is 0 Å². The van der Waals surface area contributed by atoms with E-state index in [1.807, 2.05) is 0 Å². The van der Waals surface area contributed by atoms with Crippen LogP contribution in [-0.4, -0.2) is 47.7 Å². The number of aromatic nitrogens is 1. The van der Waals surface area contributed by atoms with Crippen LogP contribution in [0.1, 0.15) is 12.0 Å². The van der Waals surface area contributed by atoms with Crippen LogP contribution in [0.4, 0.5) is 13.2 Å². The fraction of sp³-hybridized carbons (Fsp3) is 0.538. The summed E-state index contributed by atoms with van der Waals surface area (Å²) in [6, 6.07) is 2.34. The van der Waals surface area contributed by atoms with E-state index < -0.39 is 11.7 Å². The van der Waals surface area contributed by atoms with Crippen molar-refractivity contribution in [1.82, 2.24) is 15.2 Å². The zero-order valence-corrected chi connectivity index (χ0v) is 12.1. The van der Waals surface area contributed by atoms with Crippen molar-refractivity contribution >= 4 is 17.7 Å². The van der Waals surface area contributed by atoms with Crippen LogP contribution in [-0.2, 0) is 11.0 Å². The summed E-state index contributed by atoms with van der Waals surface area (Å²) in [4.78, 5) is 17.5. The molecule has 0 radical (unpaired) electrons. The number of alkyl halides is 3. The summed E-state index contributed by atoms with van der Waals surface area (Å²) in [5, 5.41) is 3.66. The molecule has 2 heterocycles. The molecule has 116 valence electrons. The number of nitrogens with one attached hydrogen (secondary N) is 1. The van der Waals surface area contributed by atoms with Gasteiger partial charge in [0, 0.05) is 44.5 Å². The Morgan fingerprint density at radius 2 is 2.05 bits per heavy atom. The fourth-order valence-corrected chi connectivity index (χ4v) is 2.73. The Morgan fingerprint density at radius 3 is 2.62 bits per heavy atom. The lowest BCUT2D eigenvalue weighted by Crippen LogP contribution is -2.46. The molecule has 0 unspecified atom stereocenters. The molecule has 4 nitrogen and oxygen atoms in total. The minimum absolute atomic E-state index is 0.0795. The highest BCUT2D eigenvalue weighted by Crippen LogP contribution is 2.29. The second-order valence-corrected chi connectivity index (χ2v) is 5.73. The van der Waals surface area contributed by atoms with Gasteiger partial charge in [0.1, 0.15) is 0 Å². The highest BCUT2D eigenvalue weighted by molar-refractivity contribution is 7.99. The van der Waals surface area contributed by atoms with Crippen LogP contribution in [0, 0.1) is 0 Å². The van der Waals surface area contributed by atoms with Gasteiger partial charge in [-0.05, 0) is 12.1 Å². The molecule has 0 aromatic carbocycles. The maximum Gasteiger partial charge on any atom is 0.417 e. The number of rotatable bonds is 4. The average molecular weight is 319 g/mol. The van der Waals surface area contributed by atoms with Crippen LogP contribution < -0.4 is 5.32 Å². The van der Waals surface area contributed by atoms with E-state index in [1.54, 1.807) is 4.90 Å². The van der Waals surface area contributed by atoms with E-state index in [-0.39, 0.29) is 5.91 Å². The zero-order chi connectivity index (χ0) is 15.3. The van der Waals surface area contributed by atoms with Crippen molar-refractivity contribution in [3.63, 3.8) is 0 Å². The van der Waals surface area contributed by atoms with Gasteiger partial charge < -0.3 is 10.2 Å². The maximum absolute atomic E-state index is 12.4. The Hall–Kier alpha value is -1.28. The van der Waals surface area contributed by atoms with Gasteiger partial charge in [-0.1, -0.05) is 0 Å². The molecule has 21 heavy (non-hydrogen) atoms. The van der Waals surface area contributed by atoms with Crippen LogP contribution >= 0.6 is 11.8 Å². The minimum atomic E-state index is -4.37. The third-order valence-corrected chi connectivity index (χ3v) is 4.04. The summed E-state index contributed by atoms with van der Waals surface area (Å²) in [5.74, 6) is 0.595. The first-order valence-corrected chi connectivity index (χ1v) is 7.60. The molecule has 0 spiro atoms. The number of pyridine rings is 1. The number of halogens is 3. The molecule has 1 aliphatic rings. The smallest absolute Gasteiger partial charge is 0.340 e. The molecule has 1 aromatic rings. The SMILES string of the molecule is O=C(CCSc1ccc(C(F)(F)F)cn1)N1CCNCC1. The van der Waals surface area contributed by atoms with Gasteiger partial charge in [-0.15, -0.1) is 11.8 Å². The van der Waals surface area contributed by atoms with Crippen LogP contribution in [0.5, 0.6) is 0 Å². The van der Waals surface area contributed by atoms with Gasteiger partial charge in [0.2, 0.25) is 5.91 Å². The van der Waals surface area contributed by atoms with Gasteiger partial charge in [-0.3, -0.25) is 4.79 Å². The summed E-state index contributed by atoms with van der Waals surface area (Å²) < 4.78 is 37.1. The van der Waals surface area contributed by atoms with E-state index in [1.165, 1.54) is 17.8 Å². The highest BCUT2D eigenvalue weighted by atomic mass is 32.2. The van der Waals surface area contributed by atoms with E-state index >= 15 is 0 Å². The highest BCUT2D eigenvalue weighted by Gasteiger charge is 2.30. The summed E-state index contributed by atoms with van der Waals surface area (Å²) in [7, 11) is 0. The van der Waals surface area contributed by atoms with E-state index in [0.717, 1.165) is 25.4 Å². The lowest BCUT2D eigenvalue weighted by Gasteiger charge is -2.27. The number of amides is 1. The Balaban J connectivity index is 1.76. The molecule has 1 aliphatic heterocycles. The quantitative estimate of drug-likeness (QED) is 0.863. The Kier molecular flexibility index (Phi) is 5.46.